The van der Waals surface area contributed by atoms with Crippen molar-refractivity contribution in [1.82, 2.24) is 9.62 Å². The van der Waals surface area contributed by atoms with Crippen LogP contribution in [0.1, 0.15) is 17.2 Å². The Morgan fingerprint density at radius 1 is 1.21 bits per heavy atom. The van der Waals surface area contributed by atoms with Crippen LogP contribution in [0.5, 0.6) is 0 Å². The minimum absolute atomic E-state index is 0.0700. The van der Waals surface area contributed by atoms with Gasteiger partial charge in [0.25, 0.3) is 0 Å². The van der Waals surface area contributed by atoms with Gasteiger partial charge in [0, 0.05) is 17.6 Å². The van der Waals surface area contributed by atoms with E-state index in [1.165, 1.54) is 12.1 Å². The molecule has 0 fully saturated rings. The molecule has 0 aliphatic heterocycles. The first-order valence-corrected chi connectivity index (χ1v) is 9.25. The third kappa shape index (κ3) is 4.33. The van der Waals surface area contributed by atoms with Crippen LogP contribution in [0.3, 0.4) is 0 Å². The molecule has 0 amide bonds. The number of hydrogen-bond donors (Lipinski definition) is 1. The summed E-state index contributed by atoms with van der Waals surface area (Å²) in [5.41, 5.74) is 1.20. The van der Waals surface area contributed by atoms with Crippen molar-refractivity contribution in [3.63, 3.8) is 0 Å². The summed E-state index contributed by atoms with van der Waals surface area (Å²) in [6.07, 6.45) is 0. The highest BCUT2D eigenvalue weighted by molar-refractivity contribution is 7.89. The molecule has 0 spiro atoms. The Hall–Kier alpha value is -1.47. The second kappa shape index (κ2) is 7.61. The summed E-state index contributed by atoms with van der Waals surface area (Å²) < 4.78 is 40.8. The lowest BCUT2D eigenvalue weighted by Crippen LogP contribution is -2.35. The van der Waals surface area contributed by atoms with Gasteiger partial charge in [0.15, 0.2) is 0 Å². The van der Waals surface area contributed by atoms with Crippen LogP contribution in [0.25, 0.3) is 0 Å². The van der Waals surface area contributed by atoms with Gasteiger partial charge in [-0.2, -0.15) is 0 Å². The number of halogens is 2. The molecule has 0 heterocycles. The smallest absolute Gasteiger partial charge is 0.240 e. The van der Waals surface area contributed by atoms with Crippen LogP contribution in [-0.2, 0) is 10.0 Å². The number of sulfonamides is 1. The van der Waals surface area contributed by atoms with Gasteiger partial charge in [-0.15, -0.1) is 0 Å². The second-order valence-electron chi connectivity index (χ2n) is 5.76. The normalized spacial score (nSPS) is 13.2. The number of nitrogens with one attached hydrogen (secondary N) is 1. The summed E-state index contributed by atoms with van der Waals surface area (Å²) in [6.45, 7) is 1.71. The molecule has 0 saturated carbocycles. The summed E-state index contributed by atoms with van der Waals surface area (Å²) in [5, 5.41) is 0.577. The zero-order chi connectivity index (χ0) is 17.9. The molecule has 130 valence electrons. The summed E-state index contributed by atoms with van der Waals surface area (Å²) >= 11 is 6.23. The van der Waals surface area contributed by atoms with Crippen LogP contribution in [0.4, 0.5) is 4.39 Å². The van der Waals surface area contributed by atoms with Crippen molar-refractivity contribution in [2.45, 2.75) is 17.9 Å². The Morgan fingerprint density at radius 3 is 2.46 bits per heavy atom. The fourth-order valence-electron chi connectivity index (χ4n) is 2.50. The van der Waals surface area contributed by atoms with Crippen LogP contribution in [-0.4, -0.2) is 34.0 Å². The molecule has 0 unspecified atom stereocenters. The lowest BCUT2D eigenvalue weighted by molar-refractivity contribution is 0.299. The monoisotopic (exact) mass is 370 g/mol. The van der Waals surface area contributed by atoms with E-state index >= 15 is 0 Å². The quantitative estimate of drug-likeness (QED) is 0.848. The molecule has 0 radical (unpaired) electrons. The SMILES string of the molecule is Cc1cc(F)ccc1S(=O)(=O)NC[C@H](c1ccccc1Cl)N(C)C. The maximum absolute atomic E-state index is 13.2. The average molecular weight is 371 g/mol. The molecule has 7 heteroatoms. The van der Waals surface area contributed by atoms with Crippen molar-refractivity contribution in [3.05, 3.63) is 64.4 Å². The Bertz CT molecular complexity index is 825. The zero-order valence-corrected chi connectivity index (χ0v) is 15.3. The molecule has 1 atom stereocenters. The Balaban J connectivity index is 2.24. The molecule has 0 aliphatic rings. The van der Waals surface area contributed by atoms with Gasteiger partial charge < -0.3 is 4.90 Å². The highest BCUT2D eigenvalue weighted by atomic mass is 35.5. The van der Waals surface area contributed by atoms with E-state index < -0.39 is 15.8 Å². The summed E-state index contributed by atoms with van der Waals surface area (Å²) in [5.74, 6) is -0.464. The lowest BCUT2D eigenvalue weighted by Gasteiger charge is -2.26. The van der Waals surface area contributed by atoms with Gasteiger partial charge in [0.1, 0.15) is 5.82 Å². The van der Waals surface area contributed by atoms with Gasteiger partial charge in [-0.1, -0.05) is 29.8 Å². The van der Waals surface area contributed by atoms with Crippen LogP contribution >= 0.6 is 11.6 Å². The van der Waals surface area contributed by atoms with E-state index in [9.17, 15) is 12.8 Å². The first-order valence-electron chi connectivity index (χ1n) is 7.39. The molecule has 1 N–H and O–H groups in total. The summed E-state index contributed by atoms with van der Waals surface area (Å²) in [6, 6.07) is 10.7. The first kappa shape index (κ1) is 18.9. The molecule has 2 rings (SSSR count). The van der Waals surface area contributed by atoms with E-state index in [2.05, 4.69) is 4.72 Å². The molecule has 0 aliphatic carbocycles. The van der Waals surface area contributed by atoms with Crippen molar-refractivity contribution >= 4 is 21.6 Å². The minimum atomic E-state index is -3.74. The van der Waals surface area contributed by atoms with Crippen molar-refractivity contribution in [2.75, 3.05) is 20.6 Å². The van der Waals surface area contributed by atoms with E-state index in [4.69, 9.17) is 11.6 Å². The van der Waals surface area contributed by atoms with Crippen molar-refractivity contribution in [1.29, 1.82) is 0 Å². The highest BCUT2D eigenvalue weighted by Crippen LogP contribution is 2.26. The summed E-state index contributed by atoms with van der Waals surface area (Å²) in [7, 11) is -0.0383. The molecular weight excluding hydrogens is 351 g/mol. The molecule has 4 nitrogen and oxygen atoms in total. The third-order valence-electron chi connectivity index (χ3n) is 3.78. The van der Waals surface area contributed by atoms with Gasteiger partial charge in [0.2, 0.25) is 10.0 Å². The van der Waals surface area contributed by atoms with Crippen LogP contribution in [0.15, 0.2) is 47.4 Å². The molecule has 24 heavy (non-hydrogen) atoms. The maximum Gasteiger partial charge on any atom is 0.240 e. The number of rotatable bonds is 6. The molecule has 0 saturated heterocycles. The van der Waals surface area contributed by atoms with Crippen molar-refractivity contribution in [2.24, 2.45) is 0 Å². The predicted molar refractivity (Wildman–Crippen MR) is 94.2 cm³/mol. The van der Waals surface area contributed by atoms with Gasteiger partial charge >= 0.3 is 0 Å². The topological polar surface area (TPSA) is 49.4 Å². The highest BCUT2D eigenvalue weighted by Gasteiger charge is 2.22. The number of aryl methyl sites for hydroxylation is 1. The van der Waals surface area contributed by atoms with Crippen LogP contribution in [0, 0.1) is 12.7 Å². The molecule has 2 aromatic rings. The predicted octanol–water partition coefficient (Wildman–Crippen LogP) is 3.37. The summed E-state index contributed by atoms with van der Waals surface area (Å²) in [4.78, 5) is 1.96. The number of benzene rings is 2. The number of hydrogen-bond acceptors (Lipinski definition) is 3. The Morgan fingerprint density at radius 2 is 1.88 bits per heavy atom. The maximum atomic E-state index is 13.2. The van der Waals surface area contributed by atoms with E-state index in [0.717, 1.165) is 11.6 Å². The number of nitrogens with zero attached hydrogens (tertiary/aromatic N) is 1. The molecule has 0 aromatic heterocycles. The fourth-order valence-corrected chi connectivity index (χ4v) is 4.02. The van der Waals surface area contributed by atoms with Gasteiger partial charge in [-0.3, -0.25) is 0 Å². The van der Waals surface area contributed by atoms with E-state index in [0.29, 0.717) is 10.6 Å². The zero-order valence-electron chi connectivity index (χ0n) is 13.8. The number of likely N-dealkylation sites (N-methyl/N-ethyl adjacent to an activating group) is 1. The van der Waals surface area contributed by atoms with Gasteiger partial charge in [0.05, 0.1) is 4.90 Å². The average Bonchev–Trinajstić information content (AvgIpc) is 2.48. The fraction of sp³-hybridized carbons (Fsp3) is 0.294. The van der Waals surface area contributed by atoms with Crippen LogP contribution < -0.4 is 4.72 Å². The third-order valence-corrected chi connectivity index (χ3v) is 5.71. The van der Waals surface area contributed by atoms with Crippen molar-refractivity contribution in [3.8, 4) is 0 Å². The Labute approximate surface area is 147 Å². The standard InChI is InChI=1S/C17H20ClFN2O2S/c1-12-10-13(19)8-9-17(12)24(22,23)20-11-16(21(2)3)14-6-4-5-7-15(14)18/h4-10,16,20H,11H2,1-3H3/t16-/m1/s1. The first-order chi connectivity index (χ1) is 11.2. The van der Waals surface area contributed by atoms with E-state index in [-0.39, 0.29) is 17.5 Å². The van der Waals surface area contributed by atoms with E-state index in [1.54, 1.807) is 13.0 Å². The van der Waals surface area contributed by atoms with Gasteiger partial charge in [-0.05, 0) is 56.4 Å². The van der Waals surface area contributed by atoms with Crippen LogP contribution in [0.2, 0.25) is 5.02 Å². The van der Waals surface area contributed by atoms with E-state index in [1.807, 2.05) is 37.2 Å². The Kier molecular flexibility index (Phi) is 5.98. The largest absolute Gasteiger partial charge is 0.301 e. The molecule has 0 bridgehead atoms. The minimum Gasteiger partial charge on any atom is -0.301 e. The van der Waals surface area contributed by atoms with Gasteiger partial charge in [-0.25, -0.2) is 17.5 Å². The van der Waals surface area contributed by atoms with Crippen molar-refractivity contribution < 1.29 is 12.8 Å². The molecule has 2 aromatic carbocycles. The molecular formula is C17H20ClFN2O2S. The lowest BCUT2D eigenvalue weighted by atomic mass is 10.1. The second-order valence-corrected chi connectivity index (χ2v) is 7.91.